The Morgan fingerprint density at radius 1 is 1.00 bits per heavy atom. The average Bonchev–Trinajstić information content (AvgIpc) is 3.03. The highest BCUT2D eigenvalue weighted by atomic mass is 32.2. The first kappa shape index (κ1) is 19.4. The van der Waals surface area contributed by atoms with E-state index in [-0.39, 0.29) is 11.2 Å². The van der Waals surface area contributed by atoms with Crippen LogP contribution < -0.4 is 0 Å². The van der Waals surface area contributed by atoms with Gasteiger partial charge < -0.3 is 0 Å². The predicted octanol–water partition coefficient (Wildman–Crippen LogP) is 5.26. The summed E-state index contributed by atoms with van der Waals surface area (Å²) in [4.78, 5) is 12.4. The maximum absolute atomic E-state index is 12.4. The topological polar surface area (TPSA) is 47.8 Å². The van der Waals surface area contributed by atoms with Crippen LogP contribution >= 0.6 is 11.8 Å². The molecule has 0 fully saturated rings. The van der Waals surface area contributed by atoms with E-state index in [0.29, 0.717) is 5.75 Å². The molecule has 3 aromatic rings. The van der Waals surface area contributed by atoms with Crippen LogP contribution in [0.2, 0.25) is 0 Å². The minimum Gasteiger partial charge on any atom is -0.298 e. The maximum Gasteiger partial charge on any atom is 0.196 e. The fourth-order valence-corrected chi connectivity index (χ4v) is 3.72. The molecule has 5 heteroatoms. The van der Waals surface area contributed by atoms with Crippen LogP contribution in [0.15, 0.2) is 53.7 Å². The lowest BCUT2D eigenvalue weighted by molar-refractivity contribution is -0.123. The molecule has 0 aliphatic carbocycles. The number of carbonyl (C=O) groups excluding carboxylic acids is 1. The zero-order chi connectivity index (χ0) is 19.6. The molecule has 4 nitrogen and oxygen atoms in total. The van der Waals surface area contributed by atoms with Gasteiger partial charge in [-0.15, -0.1) is 10.2 Å². The van der Waals surface area contributed by atoms with Crippen molar-refractivity contribution in [3.8, 4) is 17.1 Å². The number of hydrogen-bond acceptors (Lipinski definition) is 4. The van der Waals surface area contributed by atoms with Crippen LogP contribution in [-0.4, -0.2) is 26.3 Å². The first-order chi connectivity index (χ1) is 12.8. The van der Waals surface area contributed by atoms with E-state index in [2.05, 4.69) is 60.4 Å². The van der Waals surface area contributed by atoms with Gasteiger partial charge in [-0.2, -0.15) is 0 Å². The van der Waals surface area contributed by atoms with Crippen molar-refractivity contribution in [1.29, 1.82) is 0 Å². The SMILES string of the molecule is Cc1ccc(-n2c(SCC(=O)C(C)(C)C)nnc2-c2cccc(C)c2)cc1. The molecule has 0 unspecified atom stereocenters. The van der Waals surface area contributed by atoms with Crippen molar-refractivity contribution in [2.45, 2.75) is 39.8 Å². The Morgan fingerprint density at radius 2 is 1.70 bits per heavy atom. The van der Waals surface area contributed by atoms with Gasteiger partial charge >= 0.3 is 0 Å². The number of aryl methyl sites for hydroxylation is 2. The van der Waals surface area contributed by atoms with Gasteiger partial charge in [-0.1, -0.05) is 74.0 Å². The summed E-state index contributed by atoms with van der Waals surface area (Å²) >= 11 is 1.44. The number of nitrogens with zero attached hydrogens (tertiary/aromatic N) is 3. The van der Waals surface area contributed by atoms with Crippen molar-refractivity contribution >= 4 is 17.5 Å². The quantitative estimate of drug-likeness (QED) is 0.568. The summed E-state index contributed by atoms with van der Waals surface area (Å²) in [6.07, 6.45) is 0. The summed E-state index contributed by atoms with van der Waals surface area (Å²) in [5.74, 6) is 1.36. The van der Waals surface area contributed by atoms with Crippen molar-refractivity contribution < 1.29 is 4.79 Å². The van der Waals surface area contributed by atoms with E-state index >= 15 is 0 Å². The summed E-state index contributed by atoms with van der Waals surface area (Å²) in [5, 5.41) is 9.58. The second-order valence-electron chi connectivity index (χ2n) is 7.81. The largest absolute Gasteiger partial charge is 0.298 e. The fraction of sp³-hybridized carbons (Fsp3) is 0.318. The molecule has 2 aromatic carbocycles. The van der Waals surface area contributed by atoms with Crippen molar-refractivity contribution in [2.75, 3.05) is 5.75 Å². The minimum absolute atomic E-state index is 0.197. The minimum atomic E-state index is -0.360. The maximum atomic E-state index is 12.4. The van der Waals surface area contributed by atoms with Crippen LogP contribution in [0.25, 0.3) is 17.1 Å². The number of benzene rings is 2. The Hall–Kier alpha value is -2.40. The van der Waals surface area contributed by atoms with Gasteiger partial charge in [0.1, 0.15) is 5.78 Å². The smallest absolute Gasteiger partial charge is 0.196 e. The molecule has 0 N–H and O–H groups in total. The molecule has 0 aliphatic rings. The molecule has 3 rings (SSSR count). The number of hydrogen-bond donors (Lipinski definition) is 0. The van der Waals surface area contributed by atoms with Gasteiger partial charge in [0.15, 0.2) is 11.0 Å². The van der Waals surface area contributed by atoms with Crippen LogP contribution in [0.4, 0.5) is 0 Å². The molecule has 0 saturated carbocycles. The molecule has 0 aliphatic heterocycles. The van der Waals surface area contributed by atoms with E-state index in [1.54, 1.807) is 0 Å². The first-order valence-electron chi connectivity index (χ1n) is 9.01. The zero-order valence-electron chi connectivity index (χ0n) is 16.5. The standard InChI is InChI=1S/C22H25N3OS/c1-15-9-11-18(12-10-15)25-20(17-8-6-7-16(2)13-17)23-24-21(25)27-14-19(26)22(3,4)5/h6-13H,14H2,1-5H3. The molecule has 0 bridgehead atoms. The molecule has 0 saturated heterocycles. The van der Waals surface area contributed by atoms with Crippen molar-refractivity contribution in [3.63, 3.8) is 0 Å². The molecule has 0 atom stereocenters. The lowest BCUT2D eigenvalue weighted by Gasteiger charge is -2.16. The highest BCUT2D eigenvalue weighted by molar-refractivity contribution is 7.99. The third kappa shape index (κ3) is 4.48. The zero-order valence-corrected chi connectivity index (χ0v) is 17.3. The lowest BCUT2D eigenvalue weighted by atomic mass is 9.92. The van der Waals surface area contributed by atoms with E-state index in [1.165, 1.54) is 22.9 Å². The number of rotatable bonds is 5. The lowest BCUT2D eigenvalue weighted by Crippen LogP contribution is -2.22. The predicted molar refractivity (Wildman–Crippen MR) is 111 cm³/mol. The average molecular weight is 380 g/mol. The van der Waals surface area contributed by atoms with Crippen molar-refractivity contribution in [3.05, 3.63) is 59.7 Å². The van der Waals surface area contributed by atoms with E-state index in [9.17, 15) is 4.79 Å². The Bertz CT molecular complexity index is 952. The fourth-order valence-electron chi connectivity index (χ4n) is 2.61. The van der Waals surface area contributed by atoms with Gasteiger partial charge in [0.2, 0.25) is 0 Å². The number of aromatic nitrogens is 3. The van der Waals surface area contributed by atoms with Crippen LogP contribution in [0.1, 0.15) is 31.9 Å². The molecule has 0 spiro atoms. The first-order valence-corrected chi connectivity index (χ1v) is 10.00. The monoisotopic (exact) mass is 379 g/mol. The molecule has 0 amide bonds. The van der Waals surface area contributed by atoms with Crippen molar-refractivity contribution in [2.24, 2.45) is 5.41 Å². The third-order valence-electron chi connectivity index (χ3n) is 4.37. The number of Topliss-reactive ketones (excluding diaryl/α,β-unsaturated/α-hetero) is 1. The molecule has 27 heavy (non-hydrogen) atoms. The van der Waals surface area contributed by atoms with Crippen molar-refractivity contribution in [1.82, 2.24) is 14.8 Å². The van der Waals surface area contributed by atoms with Gasteiger partial charge in [-0.25, -0.2) is 0 Å². The Labute approximate surface area is 165 Å². The summed E-state index contributed by atoms with van der Waals surface area (Å²) < 4.78 is 2.04. The van der Waals surface area contributed by atoms with E-state index in [4.69, 9.17) is 0 Å². The van der Waals surface area contributed by atoms with Gasteiger partial charge in [-0.3, -0.25) is 9.36 Å². The van der Waals surface area contributed by atoms with Crippen LogP contribution in [0.3, 0.4) is 0 Å². The van der Waals surface area contributed by atoms with Crippen LogP contribution in [-0.2, 0) is 4.79 Å². The molecular weight excluding hydrogens is 354 g/mol. The van der Waals surface area contributed by atoms with Gasteiger partial charge in [0, 0.05) is 16.7 Å². The van der Waals surface area contributed by atoms with E-state index in [0.717, 1.165) is 22.2 Å². The normalized spacial score (nSPS) is 11.6. The highest BCUT2D eigenvalue weighted by Gasteiger charge is 2.23. The molecular formula is C22H25N3OS. The summed E-state index contributed by atoms with van der Waals surface area (Å²) in [5.41, 5.74) is 4.01. The summed E-state index contributed by atoms with van der Waals surface area (Å²) in [7, 11) is 0. The Morgan fingerprint density at radius 3 is 2.33 bits per heavy atom. The molecule has 140 valence electrons. The van der Waals surface area contributed by atoms with Gasteiger partial charge in [0.05, 0.1) is 5.75 Å². The van der Waals surface area contributed by atoms with E-state index < -0.39 is 0 Å². The summed E-state index contributed by atoms with van der Waals surface area (Å²) in [6, 6.07) is 16.5. The number of thioether (sulfide) groups is 1. The number of carbonyl (C=O) groups is 1. The molecule has 1 aromatic heterocycles. The highest BCUT2D eigenvalue weighted by Crippen LogP contribution is 2.30. The summed E-state index contributed by atoms with van der Waals surface area (Å²) in [6.45, 7) is 9.96. The van der Waals surface area contributed by atoms with Crippen LogP contribution in [0, 0.1) is 19.3 Å². The second-order valence-corrected chi connectivity index (χ2v) is 8.75. The van der Waals surface area contributed by atoms with Gasteiger partial charge in [-0.05, 0) is 32.0 Å². The molecule has 0 radical (unpaired) electrons. The van der Waals surface area contributed by atoms with E-state index in [1.807, 2.05) is 37.5 Å². The molecule has 1 heterocycles. The van der Waals surface area contributed by atoms with Gasteiger partial charge in [0.25, 0.3) is 0 Å². The van der Waals surface area contributed by atoms with Crippen LogP contribution in [0.5, 0.6) is 0 Å². The third-order valence-corrected chi connectivity index (χ3v) is 5.30. The number of ketones is 1. The Balaban J connectivity index is 2.03. The Kier molecular flexibility index (Phi) is 5.51. The second kappa shape index (κ2) is 7.69.